The van der Waals surface area contributed by atoms with Gasteiger partial charge in [0.1, 0.15) is 0 Å². The van der Waals surface area contributed by atoms with Crippen LogP contribution in [0.4, 0.5) is 0 Å². The first-order valence-corrected chi connectivity index (χ1v) is 7.08. The summed E-state index contributed by atoms with van der Waals surface area (Å²) in [6, 6.07) is 4.93. The van der Waals surface area contributed by atoms with E-state index in [9.17, 15) is 9.59 Å². The molecule has 2 amide bonds. The first-order valence-electron chi connectivity index (χ1n) is 7.08. The molecule has 1 aromatic carbocycles. The molecule has 0 saturated carbocycles. The Morgan fingerprint density at radius 3 is 2.57 bits per heavy atom. The second-order valence-corrected chi connectivity index (χ2v) is 4.79. The molecule has 0 aliphatic heterocycles. The maximum absolute atomic E-state index is 12.1. The number of likely N-dealkylation sites (N-methyl/N-ethyl adjacent to an activating group) is 1. The number of amides is 2. The number of ether oxygens (including phenoxy) is 2. The van der Waals surface area contributed by atoms with Crippen molar-refractivity contribution in [2.24, 2.45) is 5.73 Å². The molecular weight excluding hydrogens is 322 g/mol. The first-order chi connectivity index (χ1) is 10.5. The van der Waals surface area contributed by atoms with Gasteiger partial charge in [-0.25, -0.2) is 0 Å². The Kier molecular flexibility index (Phi) is 9.76. The van der Waals surface area contributed by atoms with Crippen LogP contribution in [-0.2, 0) is 4.79 Å². The smallest absolute Gasteiger partial charge is 0.255 e. The molecule has 0 fully saturated rings. The van der Waals surface area contributed by atoms with Crippen molar-refractivity contribution in [3.05, 3.63) is 23.8 Å². The van der Waals surface area contributed by atoms with Crippen molar-refractivity contribution < 1.29 is 19.1 Å². The fraction of sp³-hybridized carbons (Fsp3) is 0.467. The van der Waals surface area contributed by atoms with Crippen molar-refractivity contribution in [2.75, 3.05) is 26.8 Å². The minimum atomic E-state index is -0.582. The Morgan fingerprint density at radius 2 is 2.00 bits per heavy atom. The third-order valence-corrected chi connectivity index (χ3v) is 2.92. The fourth-order valence-corrected chi connectivity index (χ4v) is 1.85. The molecule has 1 atom stereocenters. The number of primary amides is 1. The SMILES string of the molecule is CCN[C@H](C)CNC(=O)c1ccc(OCC(N)=O)c(OC)c1.Cl. The van der Waals surface area contributed by atoms with Gasteiger partial charge in [0.15, 0.2) is 18.1 Å². The molecule has 0 aliphatic carbocycles. The molecule has 4 N–H and O–H groups in total. The Morgan fingerprint density at radius 1 is 1.30 bits per heavy atom. The van der Waals surface area contributed by atoms with Crippen LogP contribution in [0, 0.1) is 0 Å². The lowest BCUT2D eigenvalue weighted by Crippen LogP contribution is -2.38. The number of nitrogens with two attached hydrogens (primary N) is 1. The standard InChI is InChI=1S/C15H23N3O4.ClH/c1-4-17-10(2)8-18-15(20)11-5-6-12(13(7-11)21-3)22-9-14(16)19;/h5-7,10,17H,4,8-9H2,1-3H3,(H2,16,19)(H,18,20);1H/t10-;/m1./s1. The van der Waals surface area contributed by atoms with E-state index >= 15 is 0 Å². The van der Waals surface area contributed by atoms with E-state index in [-0.39, 0.29) is 31.0 Å². The van der Waals surface area contributed by atoms with Crippen molar-refractivity contribution in [1.29, 1.82) is 0 Å². The van der Waals surface area contributed by atoms with Crippen molar-refractivity contribution in [2.45, 2.75) is 19.9 Å². The lowest BCUT2D eigenvalue weighted by atomic mass is 10.2. The molecule has 0 bridgehead atoms. The molecule has 130 valence electrons. The molecule has 23 heavy (non-hydrogen) atoms. The number of hydrogen-bond acceptors (Lipinski definition) is 5. The number of hydrogen-bond donors (Lipinski definition) is 3. The van der Waals surface area contributed by atoms with E-state index < -0.39 is 5.91 Å². The first kappa shape index (κ1) is 21.0. The summed E-state index contributed by atoms with van der Waals surface area (Å²) >= 11 is 0. The predicted molar refractivity (Wildman–Crippen MR) is 90.4 cm³/mol. The highest BCUT2D eigenvalue weighted by atomic mass is 35.5. The predicted octanol–water partition coefficient (Wildman–Crippen LogP) is 0.709. The maximum Gasteiger partial charge on any atom is 0.255 e. The van der Waals surface area contributed by atoms with Gasteiger partial charge in [0.05, 0.1) is 7.11 Å². The molecule has 0 heterocycles. The minimum Gasteiger partial charge on any atom is -0.493 e. The zero-order valence-corrected chi connectivity index (χ0v) is 14.4. The number of methoxy groups -OCH3 is 1. The monoisotopic (exact) mass is 345 g/mol. The number of benzene rings is 1. The van der Waals surface area contributed by atoms with Crippen LogP contribution in [0.1, 0.15) is 24.2 Å². The number of halogens is 1. The Bertz CT molecular complexity index is 525. The van der Waals surface area contributed by atoms with Crippen molar-refractivity contribution >= 4 is 24.2 Å². The number of carbonyl (C=O) groups is 2. The van der Waals surface area contributed by atoms with E-state index in [0.29, 0.717) is 23.6 Å². The Labute approximate surface area is 142 Å². The summed E-state index contributed by atoms with van der Waals surface area (Å²) in [5.74, 6) is -0.0571. The van der Waals surface area contributed by atoms with Crippen LogP contribution in [0.2, 0.25) is 0 Å². The molecule has 0 saturated heterocycles. The van der Waals surface area contributed by atoms with Crippen LogP contribution in [0.5, 0.6) is 11.5 Å². The molecule has 0 aromatic heterocycles. The topological polar surface area (TPSA) is 103 Å². The van der Waals surface area contributed by atoms with Gasteiger partial charge in [-0.05, 0) is 31.7 Å². The molecular formula is C15H24ClN3O4. The van der Waals surface area contributed by atoms with Crippen LogP contribution in [-0.4, -0.2) is 44.7 Å². The van der Waals surface area contributed by atoms with Crippen LogP contribution in [0.3, 0.4) is 0 Å². The minimum absolute atomic E-state index is 0. The van der Waals surface area contributed by atoms with Gasteiger partial charge in [-0.3, -0.25) is 9.59 Å². The third-order valence-electron chi connectivity index (χ3n) is 2.92. The Hall–Kier alpha value is -1.99. The van der Waals surface area contributed by atoms with Crippen molar-refractivity contribution in [1.82, 2.24) is 10.6 Å². The third kappa shape index (κ3) is 7.21. The van der Waals surface area contributed by atoms with Gasteiger partial charge in [-0.15, -0.1) is 12.4 Å². The summed E-state index contributed by atoms with van der Waals surface area (Å²) in [5, 5.41) is 6.04. The highest BCUT2D eigenvalue weighted by Gasteiger charge is 2.12. The molecule has 0 radical (unpaired) electrons. The largest absolute Gasteiger partial charge is 0.493 e. The van der Waals surface area contributed by atoms with E-state index in [1.165, 1.54) is 7.11 Å². The van der Waals surface area contributed by atoms with Gasteiger partial charge in [0.25, 0.3) is 11.8 Å². The summed E-state index contributed by atoms with van der Waals surface area (Å²) in [6.07, 6.45) is 0. The summed E-state index contributed by atoms with van der Waals surface area (Å²) < 4.78 is 10.4. The van der Waals surface area contributed by atoms with Gasteiger partial charge in [0.2, 0.25) is 0 Å². The molecule has 0 unspecified atom stereocenters. The van der Waals surface area contributed by atoms with Gasteiger partial charge in [0, 0.05) is 18.2 Å². The molecule has 0 aliphatic rings. The lowest BCUT2D eigenvalue weighted by Gasteiger charge is -2.14. The van der Waals surface area contributed by atoms with E-state index in [4.69, 9.17) is 15.2 Å². The summed E-state index contributed by atoms with van der Waals surface area (Å²) in [7, 11) is 1.46. The van der Waals surface area contributed by atoms with Crippen LogP contribution >= 0.6 is 12.4 Å². The fourth-order valence-electron chi connectivity index (χ4n) is 1.85. The van der Waals surface area contributed by atoms with Crippen molar-refractivity contribution in [3.8, 4) is 11.5 Å². The lowest BCUT2D eigenvalue weighted by molar-refractivity contribution is -0.119. The zero-order chi connectivity index (χ0) is 16.5. The molecule has 1 rings (SSSR count). The van der Waals surface area contributed by atoms with E-state index in [1.54, 1.807) is 18.2 Å². The van der Waals surface area contributed by atoms with Gasteiger partial charge < -0.3 is 25.8 Å². The summed E-state index contributed by atoms with van der Waals surface area (Å²) in [4.78, 5) is 22.8. The Balaban J connectivity index is 0.00000484. The van der Waals surface area contributed by atoms with Gasteiger partial charge in [-0.2, -0.15) is 0 Å². The van der Waals surface area contributed by atoms with Crippen LogP contribution in [0.25, 0.3) is 0 Å². The number of rotatable bonds is 9. The van der Waals surface area contributed by atoms with Crippen molar-refractivity contribution in [3.63, 3.8) is 0 Å². The average molecular weight is 346 g/mol. The molecule has 1 aromatic rings. The van der Waals surface area contributed by atoms with Gasteiger partial charge >= 0.3 is 0 Å². The molecule has 8 heteroatoms. The van der Waals surface area contributed by atoms with E-state index in [1.807, 2.05) is 13.8 Å². The van der Waals surface area contributed by atoms with E-state index in [2.05, 4.69) is 10.6 Å². The second-order valence-electron chi connectivity index (χ2n) is 4.79. The second kappa shape index (κ2) is 10.7. The molecule has 7 nitrogen and oxygen atoms in total. The average Bonchev–Trinajstić information content (AvgIpc) is 2.50. The highest BCUT2D eigenvalue weighted by molar-refractivity contribution is 5.94. The van der Waals surface area contributed by atoms with E-state index in [0.717, 1.165) is 6.54 Å². The number of carbonyl (C=O) groups excluding carboxylic acids is 2. The quantitative estimate of drug-likeness (QED) is 0.611. The van der Waals surface area contributed by atoms with Crippen LogP contribution < -0.4 is 25.8 Å². The molecule has 0 spiro atoms. The van der Waals surface area contributed by atoms with Gasteiger partial charge in [-0.1, -0.05) is 6.92 Å². The number of nitrogens with one attached hydrogen (secondary N) is 2. The summed E-state index contributed by atoms with van der Waals surface area (Å²) in [6.45, 7) is 5.12. The van der Waals surface area contributed by atoms with Crippen LogP contribution in [0.15, 0.2) is 18.2 Å². The maximum atomic E-state index is 12.1. The zero-order valence-electron chi connectivity index (χ0n) is 13.5. The highest BCUT2D eigenvalue weighted by Crippen LogP contribution is 2.27. The summed E-state index contributed by atoms with van der Waals surface area (Å²) in [5.41, 5.74) is 5.48. The normalized spacial score (nSPS) is 11.1.